The maximum atomic E-state index is 11.4. The smallest absolute Gasteiger partial charge is 0.318 e. The van der Waals surface area contributed by atoms with E-state index in [0.29, 0.717) is 12.2 Å². The third-order valence-electron chi connectivity index (χ3n) is 2.19. The van der Waals surface area contributed by atoms with Crippen molar-refractivity contribution in [1.29, 1.82) is 0 Å². The number of urea groups is 1. The van der Waals surface area contributed by atoms with E-state index in [9.17, 15) is 9.59 Å². The first-order valence-corrected chi connectivity index (χ1v) is 4.51. The Labute approximate surface area is 86.2 Å². The van der Waals surface area contributed by atoms with E-state index < -0.39 is 18.0 Å². The molecule has 3 amide bonds. The van der Waals surface area contributed by atoms with Crippen molar-refractivity contribution < 1.29 is 14.3 Å². The fourth-order valence-electron chi connectivity index (χ4n) is 1.53. The molecule has 0 spiro atoms. The van der Waals surface area contributed by atoms with Gasteiger partial charge in [-0.3, -0.25) is 10.1 Å². The number of fused-ring (bicyclic) bond motifs is 1. The number of amides is 3. The molecule has 2 rings (SSSR count). The minimum Gasteiger partial charge on any atom is -0.480 e. The number of ether oxygens (including phenoxy) is 1. The molecule has 0 radical (unpaired) electrons. The molecule has 0 aromatic heterocycles. The van der Waals surface area contributed by atoms with Crippen LogP contribution >= 0.6 is 0 Å². The first kappa shape index (κ1) is 9.51. The molecule has 0 fully saturated rings. The Morgan fingerprint density at radius 3 is 2.80 bits per heavy atom. The topological polar surface area (TPSA) is 81.4 Å². The van der Waals surface area contributed by atoms with Gasteiger partial charge in [-0.15, -0.1) is 0 Å². The zero-order valence-electron chi connectivity index (χ0n) is 7.90. The van der Waals surface area contributed by atoms with Gasteiger partial charge in [-0.2, -0.15) is 0 Å². The summed E-state index contributed by atoms with van der Waals surface area (Å²) in [5.74, 6) is 0.181. The zero-order valence-corrected chi connectivity index (χ0v) is 7.90. The summed E-state index contributed by atoms with van der Waals surface area (Å²) in [4.78, 5) is 21.9. The van der Waals surface area contributed by atoms with E-state index in [1.807, 2.05) is 23.5 Å². The van der Waals surface area contributed by atoms with Crippen molar-refractivity contribution in [3.8, 4) is 5.75 Å². The van der Waals surface area contributed by atoms with Gasteiger partial charge in [0.1, 0.15) is 5.75 Å². The fourth-order valence-corrected chi connectivity index (χ4v) is 1.53. The molecule has 1 atom stereocenters. The van der Waals surface area contributed by atoms with E-state index in [4.69, 9.17) is 10.5 Å². The maximum Gasteiger partial charge on any atom is 0.318 e. The Bertz CT molecular complexity index is 392. The van der Waals surface area contributed by atoms with Crippen molar-refractivity contribution >= 4 is 11.9 Å². The standard InChI is InChI=1S/C10H10N2O3/c11-10(14)12-9(13)8-5-6-3-1-2-4-7(6)15-8/h1-4,8H,5H2,(H3,11,12,13,14). The summed E-state index contributed by atoms with van der Waals surface area (Å²) >= 11 is 0. The normalized spacial score (nSPS) is 17.7. The minimum atomic E-state index is -0.862. The summed E-state index contributed by atoms with van der Waals surface area (Å²) < 4.78 is 5.35. The minimum absolute atomic E-state index is 0.468. The molecule has 1 aromatic rings. The Kier molecular flexibility index (Phi) is 2.29. The molecule has 5 nitrogen and oxygen atoms in total. The van der Waals surface area contributed by atoms with E-state index in [-0.39, 0.29) is 0 Å². The number of carbonyl (C=O) groups is 2. The highest BCUT2D eigenvalue weighted by Crippen LogP contribution is 2.27. The molecule has 1 aliphatic heterocycles. The predicted molar refractivity (Wildman–Crippen MR) is 52.3 cm³/mol. The molecule has 5 heteroatoms. The highest BCUT2D eigenvalue weighted by Gasteiger charge is 2.29. The quantitative estimate of drug-likeness (QED) is 0.688. The van der Waals surface area contributed by atoms with E-state index in [0.717, 1.165) is 5.56 Å². The summed E-state index contributed by atoms with van der Waals surface area (Å²) in [7, 11) is 0. The first-order valence-electron chi connectivity index (χ1n) is 4.51. The van der Waals surface area contributed by atoms with Gasteiger partial charge in [0.2, 0.25) is 0 Å². The summed E-state index contributed by atoms with van der Waals surface area (Å²) in [5, 5.41) is 1.99. The molecule has 0 bridgehead atoms. The van der Waals surface area contributed by atoms with Gasteiger partial charge in [-0.05, 0) is 11.6 Å². The lowest BCUT2D eigenvalue weighted by molar-refractivity contribution is -0.126. The van der Waals surface area contributed by atoms with Crippen LogP contribution in [0.3, 0.4) is 0 Å². The average molecular weight is 206 g/mol. The molecular formula is C10H10N2O3. The Morgan fingerprint density at radius 1 is 1.40 bits per heavy atom. The lowest BCUT2D eigenvalue weighted by Gasteiger charge is -2.08. The van der Waals surface area contributed by atoms with Gasteiger partial charge in [0.25, 0.3) is 5.91 Å². The van der Waals surface area contributed by atoms with Crippen LogP contribution in [0, 0.1) is 0 Å². The first-order chi connectivity index (χ1) is 7.16. The predicted octanol–water partition coefficient (Wildman–Crippen LogP) is 0.185. The highest BCUT2D eigenvalue weighted by molar-refractivity contribution is 5.96. The van der Waals surface area contributed by atoms with Crippen molar-refractivity contribution in [3.05, 3.63) is 29.8 Å². The van der Waals surface area contributed by atoms with Crippen molar-refractivity contribution in [1.82, 2.24) is 5.32 Å². The van der Waals surface area contributed by atoms with Gasteiger partial charge in [0.05, 0.1) is 0 Å². The molecule has 0 aliphatic carbocycles. The molecule has 0 saturated carbocycles. The molecule has 1 unspecified atom stereocenters. The second kappa shape index (κ2) is 3.61. The van der Waals surface area contributed by atoms with Crippen LogP contribution in [0.25, 0.3) is 0 Å². The second-order valence-corrected chi connectivity index (χ2v) is 3.27. The third-order valence-corrected chi connectivity index (χ3v) is 2.19. The molecule has 1 aliphatic rings. The molecule has 15 heavy (non-hydrogen) atoms. The molecule has 0 saturated heterocycles. The third kappa shape index (κ3) is 1.90. The van der Waals surface area contributed by atoms with Gasteiger partial charge in [0.15, 0.2) is 6.10 Å². The lowest BCUT2D eigenvalue weighted by Crippen LogP contribution is -2.43. The van der Waals surface area contributed by atoms with Crippen molar-refractivity contribution in [2.24, 2.45) is 5.73 Å². The summed E-state index contributed by atoms with van der Waals surface area (Å²) in [6.07, 6.45) is -0.190. The number of benzene rings is 1. The number of hydrogen-bond acceptors (Lipinski definition) is 3. The fraction of sp³-hybridized carbons (Fsp3) is 0.200. The molecule has 1 heterocycles. The van der Waals surface area contributed by atoms with Gasteiger partial charge >= 0.3 is 6.03 Å². The number of para-hydroxylation sites is 1. The Morgan fingerprint density at radius 2 is 2.13 bits per heavy atom. The summed E-state index contributed by atoms with van der Waals surface area (Å²) in [5.41, 5.74) is 5.80. The van der Waals surface area contributed by atoms with Gasteiger partial charge in [0, 0.05) is 6.42 Å². The lowest BCUT2D eigenvalue weighted by atomic mass is 10.1. The van der Waals surface area contributed by atoms with E-state index >= 15 is 0 Å². The van der Waals surface area contributed by atoms with Crippen LogP contribution in [0.2, 0.25) is 0 Å². The van der Waals surface area contributed by atoms with Crippen LogP contribution in [-0.4, -0.2) is 18.0 Å². The summed E-state index contributed by atoms with van der Waals surface area (Å²) in [6.45, 7) is 0. The van der Waals surface area contributed by atoms with Crippen LogP contribution in [0.4, 0.5) is 4.79 Å². The van der Waals surface area contributed by atoms with Crippen molar-refractivity contribution in [2.45, 2.75) is 12.5 Å². The van der Waals surface area contributed by atoms with Crippen LogP contribution in [-0.2, 0) is 11.2 Å². The van der Waals surface area contributed by atoms with Crippen LogP contribution in [0.1, 0.15) is 5.56 Å². The summed E-state index contributed by atoms with van der Waals surface area (Å²) in [6, 6.07) is 6.50. The van der Waals surface area contributed by atoms with Crippen LogP contribution in [0.15, 0.2) is 24.3 Å². The van der Waals surface area contributed by atoms with Crippen LogP contribution < -0.4 is 15.8 Å². The number of imide groups is 1. The number of hydrogen-bond donors (Lipinski definition) is 2. The Hall–Kier alpha value is -2.04. The van der Waals surface area contributed by atoms with E-state index in [1.54, 1.807) is 6.07 Å². The SMILES string of the molecule is NC(=O)NC(=O)C1Cc2ccccc2O1. The van der Waals surface area contributed by atoms with Gasteiger partial charge in [-0.1, -0.05) is 18.2 Å². The molecule has 78 valence electrons. The number of carbonyl (C=O) groups excluding carboxylic acids is 2. The van der Waals surface area contributed by atoms with Crippen molar-refractivity contribution in [3.63, 3.8) is 0 Å². The van der Waals surface area contributed by atoms with E-state index in [1.165, 1.54) is 0 Å². The number of nitrogens with two attached hydrogens (primary N) is 1. The van der Waals surface area contributed by atoms with Gasteiger partial charge in [-0.25, -0.2) is 4.79 Å². The second-order valence-electron chi connectivity index (χ2n) is 3.27. The average Bonchev–Trinajstić information content (AvgIpc) is 2.59. The highest BCUT2D eigenvalue weighted by atomic mass is 16.5. The number of rotatable bonds is 1. The van der Waals surface area contributed by atoms with Crippen LogP contribution in [0.5, 0.6) is 5.75 Å². The molecule has 1 aromatic carbocycles. The Balaban J connectivity index is 2.07. The molecular weight excluding hydrogens is 196 g/mol. The number of nitrogens with one attached hydrogen (secondary N) is 1. The van der Waals surface area contributed by atoms with Gasteiger partial charge < -0.3 is 10.5 Å². The monoisotopic (exact) mass is 206 g/mol. The maximum absolute atomic E-state index is 11.4. The van der Waals surface area contributed by atoms with Crippen molar-refractivity contribution in [2.75, 3.05) is 0 Å². The number of primary amides is 1. The van der Waals surface area contributed by atoms with E-state index in [2.05, 4.69) is 0 Å². The molecule has 3 N–H and O–H groups in total. The largest absolute Gasteiger partial charge is 0.480 e. The zero-order chi connectivity index (χ0) is 10.8.